The highest BCUT2D eigenvalue weighted by Crippen LogP contribution is 2.23. The number of hydrogen-bond acceptors (Lipinski definition) is 3. The van der Waals surface area contributed by atoms with Crippen LogP contribution in [-0.2, 0) is 4.79 Å². The predicted octanol–water partition coefficient (Wildman–Crippen LogP) is 1.82. The number of carbonyl (C=O) groups is 1. The van der Waals surface area contributed by atoms with Crippen LogP contribution in [0.15, 0.2) is 24.3 Å². The number of rotatable bonds is 5. The lowest BCUT2D eigenvalue weighted by molar-refractivity contribution is -0.135. The summed E-state index contributed by atoms with van der Waals surface area (Å²) < 4.78 is 0. The second-order valence-electron chi connectivity index (χ2n) is 4.23. The molecule has 0 fully saturated rings. The first kappa shape index (κ1) is 12.4. The molecule has 0 radical (unpaired) electrons. The summed E-state index contributed by atoms with van der Waals surface area (Å²) in [5, 5.41) is 8.87. The topological polar surface area (TPSA) is 66.6 Å². The summed E-state index contributed by atoms with van der Waals surface area (Å²) in [6.45, 7) is 4.76. The van der Waals surface area contributed by atoms with Crippen LogP contribution in [0.4, 0.5) is 11.4 Å². The van der Waals surface area contributed by atoms with E-state index in [1.807, 2.05) is 32.0 Å². The molecule has 1 aromatic rings. The predicted molar refractivity (Wildman–Crippen MR) is 65.5 cm³/mol. The zero-order valence-electron chi connectivity index (χ0n) is 9.68. The Morgan fingerprint density at radius 2 is 2.06 bits per heavy atom. The molecule has 0 heterocycles. The Labute approximate surface area is 95.7 Å². The van der Waals surface area contributed by atoms with Crippen molar-refractivity contribution in [3.63, 3.8) is 0 Å². The van der Waals surface area contributed by atoms with Crippen molar-refractivity contribution in [3.05, 3.63) is 24.3 Å². The fourth-order valence-corrected chi connectivity index (χ4v) is 1.63. The molecule has 0 amide bonds. The van der Waals surface area contributed by atoms with E-state index in [1.165, 1.54) is 0 Å². The quantitative estimate of drug-likeness (QED) is 0.746. The number of nitrogens with zero attached hydrogens (tertiary/aromatic N) is 1. The van der Waals surface area contributed by atoms with Crippen molar-refractivity contribution in [1.82, 2.24) is 0 Å². The third kappa shape index (κ3) is 3.46. The molecular weight excluding hydrogens is 204 g/mol. The fourth-order valence-electron chi connectivity index (χ4n) is 1.63. The molecule has 0 aliphatic carbocycles. The molecule has 16 heavy (non-hydrogen) atoms. The lowest BCUT2D eigenvalue weighted by atomic mass is 10.1. The van der Waals surface area contributed by atoms with Gasteiger partial charge in [0.05, 0.1) is 11.4 Å². The number of carboxylic acid groups (broad SMARTS) is 1. The van der Waals surface area contributed by atoms with E-state index in [9.17, 15) is 4.79 Å². The van der Waals surface area contributed by atoms with Crippen molar-refractivity contribution >= 4 is 17.3 Å². The van der Waals surface area contributed by atoms with Crippen LogP contribution < -0.4 is 10.6 Å². The number of para-hydroxylation sites is 2. The minimum Gasteiger partial charge on any atom is -0.480 e. The van der Waals surface area contributed by atoms with Gasteiger partial charge in [0.1, 0.15) is 6.54 Å². The van der Waals surface area contributed by atoms with Gasteiger partial charge in [0.2, 0.25) is 0 Å². The van der Waals surface area contributed by atoms with E-state index >= 15 is 0 Å². The summed E-state index contributed by atoms with van der Waals surface area (Å²) in [4.78, 5) is 12.6. The van der Waals surface area contributed by atoms with Gasteiger partial charge in [-0.1, -0.05) is 26.0 Å². The molecule has 1 rings (SSSR count). The fraction of sp³-hybridized carbons (Fsp3) is 0.417. The summed E-state index contributed by atoms with van der Waals surface area (Å²) in [6, 6.07) is 7.33. The number of hydrogen-bond donors (Lipinski definition) is 2. The number of nitrogens with two attached hydrogens (primary N) is 1. The van der Waals surface area contributed by atoms with Gasteiger partial charge in [0, 0.05) is 6.54 Å². The van der Waals surface area contributed by atoms with E-state index < -0.39 is 5.97 Å². The van der Waals surface area contributed by atoms with Gasteiger partial charge in [-0.05, 0) is 18.1 Å². The second-order valence-corrected chi connectivity index (χ2v) is 4.23. The average molecular weight is 222 g/mol. The summed E-state index contributed by atoms with van der Waals surface area (Å²) in [7, 11) is 0. The van der Waals surface area contributed by atoms with Crippen LogP contribution in [0.1, 0.15) is 13.8 Å². The maximum absolute atomic E-state index is 10.8. The van der Waals surface area contributed by atoms with E-state index in [4.69, 9.17) is 10.8 Å². The lowest BCUT2D eigenvalue weighted by Crippen LogP contribution is -2.33. The van der Waals surface area contributed by atoms with Gasteiger partial charge in [-0.15, -0.1) is 0 Å². The van der Waals surface area contributed by atoms with Crippen LogP contribution >= 0.6 is 0 Å². The Balaban J connectivity index is 2.91. The van der Waals surface area contributed by atoms with Gasteiger partial charge < -0.3 is 15.7 Å². The van der Waals surface area contributed by atoms with Crippen LogP contribution in [0.25, 0.3) is 0 Å². The van der Waals surface area contributed by atoms with E-state index in [2.05, 4.69) is 0 Å². The largest absolute Gasteiger partial charge is 0.480 e. The molecule has 4 nitrogen and oxygen atoms in total. The molecule has 0 spiro atoms. The third-order valence-corrected chi connectivity index (χ3v) is 2.19. The van der Waals surface area contributed by atoms with Crippen molar-refractivity contribution in [2.75, 3.05) is 23.7 Å². The highest BCUT2D eigenvalue weighted by molar-refractivity contribution is 5.77. The first-order valence-corrected chi connectivity index (χ1v) is 5.32. The van der Waals surface area contributed by atoms with Crippen LogP contribution in [0.2, 0.25) is 0 Å². The van der Waals surface area contributed by atoms with E-state index in [-0.39, 0.29) is 6.54 Å². The maximum atomic E-state index is 10.8. The molecule has 3 N–H and O–H groups in total. The number of anilines is 2. The molecule has 1 aromatic carbocycles. The Kier molecular flexibility index (Phi) is 4.17. The molecule has 88 valence electrons. The van der Waals surface area contributed by atoms with E-state index in [0.717, 1.165) is 5.69 Å². The number of benzene rings is 1. The minimum absolute atomic E-state index is 0.0214. The van der Waals surface area contributed by atoms with Crippen LogP contribution in [0, 0.1) is 5.92 Å². The molecule has 4 heteroatoms. The smallest absolute Gasteiger partial charge is 0.323 e. The maximum Gasteiger partial charge on any atom is 0.323 e. The van der Waals surface area contributed by atoms with Crippen LogP contribution in [-0.4, -0.2) is 24.2 Å². The first-order chi connectivity index (χ1) is 7.50. The highest BCUT2D eigenvalue weighted by Gasteiger charge is 2.14. The normalized spacial score (nSPS) is 10.4. The van der Waals surface area contributed by atoms with Crippen LogP contribution in [0.3, 0.4) is 0 Å². The number of nitrogen functional groups attached to an aromatic ring is 1. The lowest BCUT2D eigenvalue weighted by Gasteiger charge is -2.26. The van der Waals surface area contributed by atoms with Crippen LogP contribution in [0.5, 0.6) is 0 Å². The minimum atomic E-state index is -0.844. The standard InChI is InChI=1S/C12H18N2O2/c1-9(2)7-14(8-12(15)16)11-6-4-3-5-10(11)13/h3-6,9H,7-8,13H2,1-2H3,(H,15,16). The third-order valence-electron chi connectivity index (χ3n) is 2.19. The van der Waals surface area contributed by atoms with Crippen molar-refractivity contribution in [1.29, 1.82) is 0 Å². The van der Waals surface area contributed by atoms with Gasteiger partial charge >= 0.3 is 5.97 Å². The monoisotopic (exact) mass is 222 g/mol. The average Bonchev–Trinajstić information content (AvgIpc) is 2.15. The molecule has 0 unspecified atom stereocenters. The molecule has 0 bridgehead atoms. The van der Waals surface area contributed by atoms with Crippen molar-refractivity contribution in [2.24, 2.45) is 5.92 Å². The number of carboxylic acids is 1. The Bertz CT molecular complexity index is 364. The SMILES string of the molecule is CC(C)CN(CC(=O)O)c1ccccc1N. The molecule has 0 saturated carbocycles. The molecule has 0 aliphatic heterocycles. The van der Waals surface area contributed by atoms with Gasteiger partial charge in [-0.3, -0.25) is 4.79 Å². The summed E-state index contributed by atoms with van der Waals surface area (Å²) >= 11 is 0. The zero-order valence-corrected chi connectivity index (χ0v) is 9.68. The van der Waals surface area contributed by atoms with Crippen molar-refractivity contribution in [3.8, 4) is 0 Å². The van der Waals surface area contributed by atoms with Gasteiger partial charge in [0.15, 0.2) is 0 Å². The Morgan fingerprint density at radius 1 is 1.44 bits per heavy atom. The van der Waals surface area contributed by atoms with E-state index in [0.29, 0.717) is 18.2 Å². The van der Waals surface area contributed by atoms with Gasteiger partial charge in [-0.25, -0.2) is 0 Å². The van der Waals surface area contributed by atoms with E-state index in [1.54, 1.807) is 11.0 Å². The molecular formula is C12H18N2O2. The molecule has 0 atom stereocenters. The summed E-state index contributed by atoms with van der Waals surface area (Å²) in [6.07, 6.45) is 0. The Hall–Kier alpha value is -1.71. The van der Waals surface area contributed by atoms with Gasteiger partial charge in [-0.2, -0.15) is 0 Å². The number of aliphatic carboxylic acids is 1. The highest BCUT2D eigenvalue weighted by atomic mass is 16.4. The molecule has 0 aliphatic rings. The second kappa shape index (κ2) is 5.39. The van der Waals surface area contributed by atoms with Crippen molar-refractivity contribution < 1.29 is 9.90 Å². The molecule has 0 saturated heterocycles. The molecule has 0 aromatic heterocycles. The first-order valence-electron chi connectivity index (χ1n) is 5.32. The summed E-state index contributed by atoms with van der Waals surface area (Å²) in [5.41, 5.74) is 7.24. The Morgan fingerprint density at radius 3 is 2.56 bits per heavy atom. The summed E-state index contributed by atoms with van der Waals surface area (Å²) in [5.74, 6) is -0.456. The van der Waals surface area contributed by atoms with Crippen molar-refractivity contribution in [2.45, 2.75) is 13.8 Å². The zero-order chi connectivity index (χ0) is 12.1. The van der Waals surface area contributed by atoms with Gasteiger partial charge in [0.25, 0.3) is 0 Å².